The van der Waals surface area contributed by atoms with E-state index in [4.69, 9.17) is 4.74 Å². The molecule has 1 aromatic carbocycles. The molecule has 7 nitrogen and oxygen atoms in total. The molecule has 33 heavy (non-hydrogen) atoms. The fourth-order valence-electron chi connectivity index (χ4n) is 3.90. The van der Waals surface area contributed by atoms with E-state index in [0.717, 1.165) is 11.1 Å². The highest BCUT2D eigenvalue weighted by atomic mass is 16.5. The van der Waals surface area contributed by atoms with Crippen LogP contribution in [0.5, 0.6) is 5.88 Å². The van der Waals surface area contributed by atoms with Crippen LogP contribution in [0.3, 0.4) is 0 Å². The number of aliphatic hydroxyl groups excluding tert-OH is 1. The number of allylic oxidation sites excluding steroid dienone is 1. The van der Waals surface area contributed by atoms with Crippen molar-refractivity contribution in [3.63, 3.8) is 0 Å². The van der Waals surface area contributed by atoms with E-state index in [-0.39, 0.29) is 42.4 Å². The smallest absolute Gasteiger partial charge is 0.259 e. The molecule has 1 aromatic heterocycles. The quantitative estimate of drug-likeness (QED) is 0.700. The number of fused-ring (bicyclic) bond motifs is 1. The van der Waals surface area contributed by atoms with Crippen LogP contribution in [-0.2, 0) is 11.2 Å². The second-order valence-electron chi connectivity index (χ2n) is 8.68. The minimum Gasteiger partial charge on any atom is -0.472 e. The number of likely N-dealkylation sites (N-methyl/N-ethyl adjacent to an activating group) is 1. The normalized spacial score (nSPS) is 19.4. The zero-order chi connectivity index (χ0) is 24.0. The first-order valence-corrected chi connectivity index (χ1v) is 11.3. The topological polar surface area (TPSA) is 83.0 Å². The molecule has 0 saturated heterocycles. The van der Waals surface area contributed by atoms with E-state index >= 15 is 0 Å². The lowest BCUT2D eigenvalue weighted by molar-refractivity contribution is -0.130. The van der Waals surface area contributed by atoms with Crippen molar-refractivity contribution in [3.05, 3.63) is 65.4 Å². The van der Waals surface area contributed by atoms with Gasteiger partial charge in [0.15, 0.2) is 0 Å². The number of hydrogen-bond donors (Lipinski definition) is 1. The molecule has 0 aliphatic carbocycles. The van der Waals surface area contributed by atoms with E-state index in [9.17, 15) is 14.7 Å². The van der Waals surface area contributed by atoms with E-state index < -0.39 is 0 Å². The van der Waals surface area contributed by atoms with Crippen molar-refractivity contribution in [1.29, 1.82) is 0 Å². The number of rotatable bonds is 7. The Labute approximate surface area is 195 Å². The molecule has 176 valence electrons. The average molecular weight is 452 g/mol. The molecule has 3 atom stereocenters. The molecule has 1 aliphatic rings. The Kier molecular flexibility index (Phi) is 8.22. The molecule has 1 aliphatic heterocycles. The van der Waals surface area contributed by atoms with Gasteiger partial charge in [0.25, 0.3) is 5.91 Å². The number of aliphatic hydroxyl groups is 1. The van der Waals surface area contributed by atoms with Crippen LogP contribution in [0.4, 0.5) is 0 Å². The molecule has 0 unspecified atom stereocenters. The molecular formula is C26H33N3O4. The molecule has 2 aromatic rings. The lowest BCUT2D eigenvalue weighted by atomic mass is 9.99. The van der Waals surface area contributed by atoms with Gasteiger partial charge in [-0.25, -0.2) is 4.98 Å². The zero-order valence-electron chi connectivity index (χ0n) is 19.8. The van der Waals surface area contributed by atoms with Gasteiger partial charge in [-0.1, -0.05) is 49.4 Å². The predicted molar refractivity (Wildman–Crippen MR) is 128 cm³/mol. The fraction of sp³-hybridized carbons (Fsp3) is 0.423. The standard InChI is InChI=1S/C26H33N3O4/c1-5-9-21-12-22-25(27-14-21)33-23(18(2)15-29(26(22)32)19(3)17-30)16-28(4)24(31)13-20-10-7-6-8-11-20/h5-12,14,18-19,23,30H,13,15-17H2,1-4H3/b9-5+/t18-,19+,23-/m1/s1. The maximum Gasteiger partial charge on any atom is 0.259 e. The molecular weight excluding hydrogens is 418 g/mol. The summed E-state index contributed by atoms with van der Waals surface area (Å²) in [6.45, 7) is 6.33. The van der Waals surface area contributed by atoms with Crippen molar-refractivity contribution in [1.82, 2.24) is 14.8 Å². The van der Waals surface area contributed by atoms with Gasteiger partial charge in [-0.3, -0.25) is 9.59 Å². The van der Waals surface area contributed by atoms with E-state index in [2.05, 4.69) is 4.98 Å². The summed E-state index contributed by atoms with van der Waals surface area (Å²) < 4.78 is 6.25. The van der Waals surface area contributed by atoms with Gasteiger partial charge >= 0.3 is 0 Å². The fourth-order valence-corrected chi connectivity index (χ4v) is 3.90. The lowest BCUT2D eigenvalue weighted by Gasteiger charge is -2.37. The summed E-state index contributed by atoms with van der Waals surface area (Å²) in [6, 6.07) is 11.0. The molecule has 0 saturated carbocycles. The van der Waals surface area contributed by atoms with Gasteiger partial charge in [0, 0.05) is 25.7 Å². The highest BCUT2D eigenvalue weighted by Gasteiger charge is 2.34. The molecule has 2 heterocycles. The minimum atomic E-state index is -0.366. The maximum absolute atomic E-state index is 13.3. The highest BCUT2D eigenvalue weighted by Crippen LogP contribution is 2.27. The maximum atomic E-state index is 13.3. The van der Waals surface area contributed by atoms with Crippen LogP contribution < -0.4 is 4.74 Å². The monoisotopic (exact) mass is 451 g/mol. The Balaban J connectivity index is 1.87. The van der Waals surface area contributed by atoms with E-state index in [1.807, 2.05) is 63.3 Å². The molecule has 0 radical (unpaired) electrons. The zero-order valence-corrected chi connectivity index (χ0v) is 19.8. The number of carbonyl (C=O) groups is 2. The van der Waals surface area contributed by atoms with Crippen LogP contribution in [0.25, 0.3) is 6.08 Å². The van der Waals surface area contributed by atoms with Gasteiger partial charge in [0.2, 0.25) is 11.8 Å². The summed E-state index contributed by atoms with van der Waals surface area (Å²) in [5.74, 6) is -0.0551. The molecule has 0 fully saturated rings. The summed E-state index contributed by atoms with van der Waals surface area (Å²) in [6.07, 6.45) is 5.36. The van der Waals surface area contributed by atoms with Gasteiger partial charge < -0.3 is 19.6 Å². The number of amides is 2. The Morgan fingerprint density at radius 2 is 2.09 bits per heavy atom. The highest BCUT2D eigenvalue weighted by molar-refractivity contribution is 5.97. The summed E-state index contributed by atoms with van der Waals surface area (Å²) >= 11 is 0. The third kappa shape index (κ3) is 5.99. The van der Waals surface area contributed by atoms with E-state index in [1.165, 1.54) is 0 Å². The number of benzene rings is 1. The Hall–Kier alpha value is -3.19. The molecule has 2 amide bonds. The van der Waals surface area contributed by atoms with Crippen LogP contribution in [0.2, 0.25) is 0 Å². The van der Waals surface area contributed by atoms with Crippen molar-refractivity contribution in [2.75, 3.05) is 26.7 Å². The van der Waals surface area contributed by atoms with Crippen LogP contribution in [-0.4, -0.2) is 70.6 Å². The van der Waals surface area contributed by atoms with Crippen molar-refractivity contribution < 1.29 is 19.4 Å². The molecule has 3 rings (SSSR count). The average Bonchev–Trinajstić information content (AvgIpc) is 2.82. The van der Waals surface area contributed by atoms with E-state index in [0.29, 0.717) is 25.1 Å². The molecule has 7 heteroatoms. The summed E-state index contributed by atoms with van der Waals surface area (Å²) in [4.78, 5) is 33.9. The number of carbonyl (C=O) groups excluding carboxylic acids is 2. The van der Waals surface area contributed by atoms with Gasteiger partial charge in [0.05, 0.1) is 25.6 Å². The first-order chi connectivity index (χ1) is 15.8. The van der Waals surface area contributed by atoms with Crippen LogP contribution in [0.1, 0.15) is 42.3 Å². The summed E-state index contributed by atoms with van der Waals surface area (Å²) in [5, 5.41) is 9.76. The van der Waals surface area contributed by atoms with Crippen LogP contribution in [0.15, 0.2) is 48.7 Å². The van der Waals surface area contributed by atoms with Gasteiger partial charge in [-0.05, 0) is 31.0 Å². The largest absolute Gasteiger partial charge is 0.472 e. The second-order valence-corrected chi connectivity index (χ2v) is 8.68. The summed E-state index contributed by atoms with van der Waals surface area (Å²) in [7, 11) is 1.77. The minimum absolute atomic E-state index is 0.00710. The number of hydrogen-bond acceptors (Lipinski definition) is 5. The van der Waals surface area contributed by atoms with Crippen molar-refractivity contribution in [2.45, 2.75) is 39.3 Å². The number of nitrogens with zero attached hydrogens (tertiary/aromatic N) is 3. The van der Waals surface area contributed by atoms with Gasteiger partial charge in [0.1, 0.15) is 11.7 Å². The van der Waals surface area contributed by atoms with Crippen molar-refractivity contribution in [3.8, 4) is 5.88 Å². The van der Waals surface area contributed by atoms with Crippen molar-refractivity contribution in [2.24, 2.45) is 5.92 Å². The second kappa shape index (κ2) is 11.1. The van der Waals surface area contributed by atoms with Gasteiger partial charge in [-0.15, -0.1) is 0 Å². The Morgan fingerprint density at radius 3 is 2.76 bits per heavy atom. The summed E-state index contributed by atoms with van der Waals surface area (Å²) in [5.41, 5.74) is 2.12. The third-order valence-electron chi connectivity index (χ3n) is 5.98. The third-order valence-corrected chi connectivity index (χ3v) is 5.98. The van der Waals surface area contributed by atoms with Gasteiger partial charge in [-0.2, -0.15) is 0 Å². The first kappa shape index (κ1) is 24.5. The van der Waals surface area contributed by atoms with E-state index in [1.54, 1.807) is 29.1 Å². The Morgan fingerprint density at radius 1 is 1.36 bits per heavy atom. The molecule has 0 spiro atoms. The molecule has 0 bridgehead atoms. The lowest BCUT2D eigenvalue weighted by Crippen LogP contribution is -2.50. The first-order valence-electron chi connectivity index (χ1n) is 11.3. The Bertz CT molecular complexity index is 992. The van der Waals surface area contributed by atoms with Crippen LogP contribution in [0, 0.1) is 5.92 Å². The predicted octanol–water partition coefficient (Wildman–Crippen LogP) is 3.04. The van der Waals surface area contributed by atoms with Crippen LogP contribution >= 0.6 is 0 Å². The molecule has 1 N–H and O–H groups in total. The number of aromatic nitrogens is 1. The number of pyridine rings is 1. The van der Waals surface area contributed by atoms with Crippen molar-refractivity contribution >= 4 is 17.9 Å². The SMILES string of the molecule is C/C=C/c1cnc2c(c1)C(=O)N([C@@H](C)CO)C[C@@H](C)[C@@H](CN(C)C(=O)Cc1ccccc1)O2. The number of ether oxygens (including phenoxy) is 1.